The number of nitrogens with zero attached hydrogens (tertiary/aromatic N) is 2. The van der Waals surface area contributed by atoms with Crippen LogP contribution < -0.4 is 4.74 Å². The monoisotopic (exact) mass is 408 g/mol. The molecule has 2 aromatic carbocycles. The van der Waals surface area contributed by atoms with Crippen molar-refractivity contribution in [2.75, 3.05) is 13.1 Å². The standard InChI is InChI=1S/C23H24N2O3S/c1-16-13-25(14-17(2)28-16)23-24-22(26)21(29-23)12-18-8-10-20(11-9-18)27-15-19-6-4-3-5-7-19/h3-12,16-17H,13-15H2,1-2H3/b21-12-. The molecule has 150 valence electrons. The first kappa shape index (κ1) is 19.7. The van der Waals surface area contributed by atoms with Gasteiger partial charge < -0.3 is 14.4 Å². The SMILES string of the molecule is CC1CN(C2=NC(=O)/C(=C/c3ccc(OCc4ccccc4)cc3)S2)CC(C)O1. The molecule has 1 saturated heterocycles. The first-order valence-electron chi connectivity index (χ1n) is 9.76. The Morgan fingerprint density at radius 3 is 2.48 bits per heavy atom. The second-order valence-electron chi connectivity index (χ2n) is 7.32. The van der Waals surface area contributed by atoms with Crippen LogP contribution in [0.15, 0.2) is 64.5 Å². The van der Waals surface area contributed by atoms with E-state index in [4.69, 9.17) is 9.47 Å². The number of aliphatic imine (C=N–C) groups is 1. The summed E-state index contributed by atoms with van der Waals surface area (Å²) >= 11 is 1.44. The fourth-order valence-electron chi connectivity index (χ4n) is 3.42. The zero-order valence-corrected chi connectivity index (χ0v) is 17.4. The van der Waals surface area contributed by atoms with Crippen molar-refractivity contribution in [3.63, 3.8) is 0 Å². The minimum absolute atomic E-state index is 0.133. The van der Waals surface area contributed by atoms with E-state index in [2.05, 4.69) is 9.89 Å². The predicted octanol–water partition coefficient (Wildman–Crippen LogP) is 4.35. The number of amides is 1. The van der Waals surface area contributed by atoms with Crippen LogP contribution in [0, 0.1) is 0 Å². The Bertz CT molecular complexity index is 915. The average molecular weight is 409 g/mol. The Labute approximate surface area is 175 Å². The zero-order valence-electron chi connectivity index (χ0n) is 16.6. The molecular formula is C23H24N2O3S. The molecule has 4 rings (SSSR count). The van der Waals surface area contributed by atoms with E-state index in [1.54, 1.807) is 0 Å². The second-order valence-corrected chi connectivity index (χ2v) is 8.32. The Morgan fingerprint density at radius 2 is 1.79 bits per heavy atom. The molecule has 2 aromatic rings. The van der Waals surface area contributed by atoms with Gasteiger partial charge in [-0.3, -0.25) is 4.79 Å². The second kappa shape index (κ2) is 8.84. The van der Waals surface area contributed by atoms with E-state index in [-0.39, 0.29) is 18.1 Å². The normalized spacial score (nSPS) is 23.4. The van der Waals surface area contributed by atoms with Crippen molar-refractivity contribution in [1.29, 1.82) is 0 Å². The van der Waals surface area contributed by atoms with Gasteiger partial charge in [0, 0.05) is 13.1 Å². The molecule has 5 nitrogen and oxygen atoms in total. The lowest BCUT2D eigenvalue weighted by Crippen LogP contribution is -2.47. The molecule has 0 aromatic heterocycles. The third kappa shape index (κ3) is 5.08. The van der Waals surface area contributed by atoms with Gasteiger partial charge in [0.05, 0.1) is 17.1 Å². The molecule has 1 amide bonds. The minimum atomic E-state index is -0.179. The molecule has 2 unspecified atom stereocenters. The average Bonchev–Trinajstić information content (AvgIpc) is 3.08. The molecule has 0 bridgehead atoms. The topological polar surface area (TPSA) is 51.1 Å². The van der Waals surface area contributed by atoms with Crippen molar-refractivity contribution in [1.82, 2.24) is 4.90 Å². The lowest BCUT2D eigenvalue weighted by atomic mass is 10.2. The summed E-state index contributed by atoms with van der Waals surface area (Å²) in [7, 11) is 0. The quantitative estimate of drug-likeness (QED) is 0.704. The number of carbonyl (C=O) groups excluding carboxylic acids is 1. The summed E-state index contributed by atoms with van der Waals surface area (Å²) in [5.41, 5.74) is 2.08. The molecule has 0 saturated carbocycles. The summed E-state index contributed by atoms with van der Waals surface area (Å²) in [5.74, 6) is 0.621. The smallest absolute Gasteiger partial charge is 0.286 e. The van der Waals surface area contributed by atoms with Gasteiger partial charge in [0.1, 0.15) is 12.4 Å². The molecule has 2 heterocycles. The van der Waals surface area contributed by atoms with Crippen LogP contribution in [-0.2, 0) is 16.1 Å². The molecule has 6 heteroatoms. The van der Waals surface area contributed by atoms with E-state index < -0.39 is 0 Å². The van der Waals surface area contributed by atoms with Crippen LogP contribution in [0.2, 0.25) is 0 Å². The van der Waals surface area contributed by atoms with Gasteiger partial charge in [-0.05, 0) is 54.9 Å². The van der Waals surface area contributed by atoms with Crippen LogP contribution >= 0.6 is 11.8 Å². The van der Waals surface area contributed by atoms with Gasteiger partial charge in [-0.15, -0.1) is 0 Å². The molecular weight excluding hydrogens is 384 g/mol. The van der Waals surface area contributed by atoms with Crippen LogP contribution in [0.1, 0.15) is 25.0 Å². The molecule has 2 aliphatic heterocycles. The number of benzene rings is 2. The summed E-state index contributed by atoms with van der Waals surface area (Å²) in [5, 5.41) is 0.770. The van der Waals surface area contributed by atoms with Crippen LogP contribution in [0.4, 0.5) is 0 Å². The summed E-state index contributed by atoms with van der Waals surface area (Å²) < 4.78 is 11.6. The Balaban J connectivity index is 1.37. The van der Waals surface area contributed by atoms with Gasteiger partial charge in [-0.1, -0.05) is 42.5 Å². The molecule has 0 aliphatic carbocycles. The lowest BCUT2D eigenvalue weighted by molar-refractivity contribution is -0.113. The van der Waals surface area contributed by atoms with E-state index in [0.717, 1.165) is 35.1 Å². The van der Waals surface area contributed by atoms with Crippen LogP contribution in [-0.4, -0.2) is 41.3 Å². The van der Waals surface area contributed by atoms with Gasteiger partial charge in [-0.25, -0.2) is 0 Å². The molecule has 29 heavy (non-hydrogen) atoms. The third-order valence-corrected chi connectivity index (χ3v) is 5.77. The number of rotatable bonds is 4. The van der Waals surface area contributed by atoms with Crippen molar-refractivity contribution in [3.05, 3.63) is 70.6 Å². The van der Waals surface area contributed by atoms with E-state index >= 15 is 0 Å². The van der Waals surface area contributed by atoms with Crippen molar-refractivity contribution in [2.24, 2.45) is 4.99 Å². The third-order valence-electron chi connectivity index (χ3n) is 4.73. The van der Waals surface area contributed by atoms with Crippen LogP contribution in [0.25, 0.3) is 6.08 Å². The van der Waals surface area contributed by atoms with E-state index in [1.165, 1.54) is 11.8 Å². The molecule has 0 spiro atoms. The van der Waals surface area contributed by atoms with Crippen molar-refractivity contribution < 1.29 is 14.3 Å². The zero-order chi connectivity index (χ0) is 20.2. The first-order valence-corrected chi connectivity index (χ1v) is 10.6. The predicted molar refractivity (Wildman–Crippen MR) is 117 cm³/mol. The van der Waals surface area contributed by atoms with Gasteiger partial charge >= 0.3 is 0 Å². The first-order chi connectivity index (χ1) is 14.1. The molecule has 0 radical (unpaired) electrons. The van der Waals surface area contributed by atoms with Crippen molar-refractivity contribution in [2.45, 2.75) is 32.7 Å². The fraction of sp³-hybridized carbons (Fsp3) is 0.304. The summed E-state index contributed by atoms with van der Waals surface area (Å²) in [6, 6.07) is 17.8. The number of hydrogen-bond donors (Lipinski definition) is 0. The number of carbonyl (C=O) groups is 1. The van der Waals surface area contributed by atoms with Crippen LogP contribution in [0.3, 0.4) is 0 Å². The fourth-order valence-corrected chi connectivity index (χ4v) is 4.35. The van der Waals surface area contributed by atoms with Crippen molar-refractivity contribution in [3.8, 4) is 5.75 Å². The Morgan fingerprint density at radius 1 is 1.10 bits per heavy atom. The van der Waals surface area contributed by atoms with Crippen LogP contribution in [0.5, 0.6) is 5.75 Å². The Hall–Kier alpha value is -2.57. The van der Waals surface area contributed by atoms with E-state index in [1.807, 2.05) is 74.5 Å². The number of hydrogen-bond acceptors (Lipinski definition) is 5. The Kier molecular flexibility index (Phi) is 6.02. The lowest BCUT2D eigenvalue weighted by Gasteiger charge is -2.35. The van der Waals surface area contributed by atoms with Gasteiger partial charge in [0.15, 0.2) is 5.17 Å². The van der Waals surface area contributed by atoms with Gasteiger partial charge in [-0.2, -0.15) is 4.99 Å². The maximum absolute atomic E-state index is 12.4. The largest absolute Gasteiger partial charge is 0.489 e. The highest BCUT2D eigenvalue weighted by Gasteiger charge is 2.30. The van der Waals surface area contributed by atoms with E-state index in [0.29, 0.717) is 11.5 Å². The number of thioether (sulfide) groups is 1. The minimum Gasteiger partial charge on any atom is -0.489 e. The molecule has 0 N–H and O–H groups in total. The highest BCUT2D eigenvalue weighted by atomic mass is 32.2. The molecule has 2 atom stereocenters. The number of ether oxygens (including phenoxy) is 2. The highest BCUT2D eigenvalue weighted by molar-refractivity contribution is 8.18. The van der Waals surface area contributed by atoms with Gasteiger partial charge in [0.2, 0.25) is 0 Å². The summed E-state index contributed by atoms with van der Waals surface area (Å²) in [6.07, 6.45) is 2.15. The summed E-state index contributed by atoms with van der Waals surface area (Å²) in [4.78, 5) is 19.4. The van der Waals surface area contributed by atoms with Gasteiger partial charge in [0.25, 0.3) is 5.91 Å². The maximum atomic E-state index is 12.4. The summed E-state index contributed by atoms with van der Waals surface area (Å²) in [6.45, 7) is 6.13. The van der Waals surface area contributed by atoms with Crippen molar-refractivity contribution >= 4 is 28.9 Å². The number of amidine groups is 1. The molecule has 2 aliphatic rings. The molecule has 1 fully saturated rings. The maximum Gasteiger partial charge on any atom is 0.286 e. The number of morpholine rings is 1. The van der Waals surface area contributed by atoms with E-state index in [9.17, 15) is 4.79 Å². The highest BCUT2D eigenvalue weighted by Crippen LogP contribution is 2.31.